The van der Waals surface area contributed by atoms with Gasteiger partial charge in [0.15, 0.2) is 0 Å². The van der Waals surface area contributed by atoms with Crippen LogP contribution in [-0.2, 0) is 0 Å². The Bertz CT molecular complexity index is 7620. The number of ether oxygens (including phenoxy) is 1. The summed E-state index contributed by atoms with van der Waals surface area (Å²) in [6, 6.07) is 139. The van der Waals surface area contributed by atoms with E-state index in [9.17, 15) is 0 Å². The summed E-state index contributed by atoms with van der Waals surface area (Å²) < 4.78 is 18.1. The maximum atomic E-state index is 8.18. The summed E-state index contributed by atoms with van der Waals surface area (Å²) in [6.45, 7) is -0.533. The van der Waals surface area contributed by atoms with E-state index in [2.05, 4.69) is 395 Å². The van der Waals surface area contributed by atoms with Gasteiger partial charge in [-0.05, 0) is 148 Å². The van der Waals surface area contributed by atoms with Crippen molar-refractivity contribution in [3.8, 4) is 22.6 Å². The minimum absolute atomic E-state index is 0.263. The van der Waals surface area contributed by atoms with Gasteiger partial charge in [-0.2, -0.15) is 0 Å². The van der Waals surface area contributed by atoms with E-state index in [1.807, 2.05) is 45.3 Å². The first-order valence-corrected chi connectivity index (χ1v) is 42.1. The first kappa shape index (κ1) is 64.2. The van der Waals surface area contributed by atoms with Crippen molar-refractivity contribution >= 4 is 258 Å². The Hall–Kier alpha value is -13.5. The Morgan fingerprint density at radius 2 is 0.596 bits per heavy atom. The van der Waals surface area contributed by atoms with E-state index >= 15 is 0 Å². The quantitative estimate of drug-likeness (QED) is 0.127. The second-order valence-electron chi connectivity index (χ2n) is 30.0. The average molecular weight is 1520 g/mol. The third-order valence-electron chi connectivity index (χ3n) is 24.0. The molecule has 25 rings (SSSR count). The lowest BCUT2D eigenvalue weighted by molar-refractivity contribution is 0.488. The highest BCUT2D eigenvalue weighted by atomic mass is 32.1. The van der Waals surface area contributed by atoms with E-state index in [1.54, 1.807) is 0 Å². The summed E-state index contributed by atoms with van der Waals surface area (Å²) in [7, 11) is 0. The summed E-state index contributed by atoms with van der Waals surface area (Å²) in [5, 5.41) is 9.98. The van der Waals surface area contributed by atoms with Gasteiger partial charge < -0.3 is 29.2 Å². The summed E-state index contributed by atoms with van der Waals surface area (Å²) in [5.41, 5.74) is 25.7. The average Bonchev–Trinajstić information content (AvgIpc) is 0.915. The van der Waals surface area contributed by atoms with Crippen LogP contribution in [-0.4, -0.2) is 13.4 Å². The van der Waals surface area contributed by atoms with E-state index < -0.39 is 0 Å². The fraction of sp³-hybridized carbons (Fsp3) is 0. The zero-order valence-electron chi connectivity index (χ0n) is 61.2. The molecule has 0 amide bonds. The first-order chi connectivity index (χ1) is 56.6. The van der Waals surface area contributed by atoms with Gasteiger partial charge in [-0.15, -0.1) is 45.3 Å². The largest absolute Gasteiger partial charge is 0.458 e. The number of fused-ring (bicyclic) bond motifs is 20. The van der Waals surface area contributed by atoms with Crippen LogP contribution < -0.4 is 62.0 Å². The molecule has 0 atom stereocenters. The van der Waals surface area contributed by atoms with Gasteiger partial charge >= 0.3 is 0 Å². The lowest BCUT2D eigenvalue weighted by atomic mass is 9.30. The zero-order valence-corrected chi connectivity index (χ0v) is 64.4. The van der Waals surface area contributed by atoms with Crippen LogP contribution >= 0.6 is 45.3 Å². The van der Waals surface area contributed by atoms with Crippen molar-refractivity contribution in [2.24, 2.45) is 0 Å². The van der Waals surface area contributed by atoms with Crippen molar-refractivity contribution in [3.63, 3.8) is 0 Å². The van der Waals surface area contributed by atoms with Crippen molar-refractivity contribution in [1.29, 1.82) is 0 Å². The molecule has 0 N–H and O–H groups in total. The Morgan fingerprint density at radius 1 is 0.228 bits per heavy atom. The van der Waals surface area contributed by atoms with Crippen LogP contribution in [0.25, 0.3) is 91.8 Å². The molecular weight excluding hydrogens is 1460 g/mol. The van der Waals surface area contributed by atoms with Crippen LogP contribution in [0.2, 0.25) is 0 Å². The molecule has 0 fully saturated rings. The molecule has 17 aromatic carbocycles. The Kier molecular flexibility index (Phi) is 14.1. The molecule has 0 spiro atoms. The van der Waals surface area contributed by atoms with E-state index in [-0.39, 0.29) is 13.4 Å². The molecule has 0 saturated heterocycles. The molecule has 4 aromatic heterocycles. The van der Waals surface area contributed by atoms with Gasteiger partial charge in [0.1, 0.15) is 11.5 Å². The van der Waals surface area contributed by atoms with Gasteiger partial charge in [0, 0.05) is 125 Å². The molecule has 0 saturated carbocycles. The first-order valence-electron chi connectivity index (χ1n) is 38.8. The van der Waals surface area contributed by atoms with Crippen LogP contribution in [0, 0.1) is 0 Å². The van der Waals surface area contributed by atoms with Crippen LogP contribution in [0.1, 0.15) is 0 Å². The summed E-state index contributed by atoms with van der Waals surface area (Å²) in [5.74, 6) is 1.63. The third-order valence-corrected chi connectivity index (χ3v) is 28.9. The molecule has 8 heterocycles. The minimum atomic E-state index is -0.270. The van der Waals surface area contributed by atoms with Crippen molar-refractivity contribution in [2.75, 3.05) is 24.5 Å². The molecule has 530 valence electrons. The predicted molar refractivity (Wildman–Crippen MR) is 493 cm³/mol. The second-order valence-corrected chi connectivity index (χ2v) is 34.3. The highest BCUT2D eigenvalue weighted by Gasteiger charge is 2.49. The molecule has 0 unspecified atom stereocenters. The highest BCUT2D eigenvalue weighted by molar-refractivity contribution is 7.28. The fourth-order valence-electron chi connectivity index (χ4n) is 19.3. The number of rotatable bonds is 10. The predicted octanol–water partition coefficient (Wildman–Crippen LogP) is 26.3. The van der Waals surface area contributed by atoms with Crippen LogP contribution in [0.5, 0.6) is 11.5 Å². The zero-order chi connectivity index (χ0) is 74.4. The summed E-state index contributed by atoms with van der Waals surface area (Å²) >= 11 is 7.51. The number of hydrogen-bond donors (Lipinski definition) is 0. The van der Waals surface area contributed by atoms with Crippen molar-refractivity contribution in [1.82, 2.24) is 0 Å². The van der Waals surface area contributed by atoms with E-state index in [0.717, 1.165) is 119 Å². The lowest BCUT2D eigenvalue weighted by Crippen LogP contribution is -2.64. The topological polar surface area (TPSA) is 25.4 Å². The normalized spacial score (nSPS) is 13.1. The van der Waals surface area contributed by atoms with Gasteiger partial charge in [0.05, 0.1) is 58.6 Å². The van der Waals surface area contributed by atoms with Crippen molar-refractivity contribution in [3.05, 3.63) is 370 Å². The number of nitrogens with zero attached hydrogens (tertiary/aromatic N) is 5. The maximum Gasteiger partial charge on any atom is 0.256 e. The molecule has 0 aliphatic carbocycles. The molecular formula is C102H61B2N5OS4. The van der Waals surface area contributed by atoms with Gasteiger partial charge in [-0.3, -0.25) is 0 Å². The highest BCUT2D eigenvalue weighted by Crippen LogP contribution is 2.57. The van der Waals surface area contributed by atoms with Gasteiger partial charge in [0.25, 0.3) is 13.4 Å². The molecule has 4 aliphatic rings. The molecule has 114 heavy (non-hydrogen) atoms. The van der Waals surface area contributed by atoms with Crippen LogP contribution in [0.15, 0.2) is 370 Å². The van der Waals surface area contributed by atoms with E-state index in [4.69, 9.17) is 4.74 Å². The molecule has 21 aromatic rings. The Balaban J connectivity index is 0.795. The van der Waals surface area contributed by atoms with Gasteiger partial charge in [-0.1, -0.05) is 249 Å². The van der Waals surface area contributed by atoms with Crippen molar-refractivity contribution in [2.45, 2.75) is 0 Å². The van der Waals surface area contributed by atoms with Gasteiger partial charge in [-0.25, -0.2) is 0 Å². The van der Waals surface area contributed by atoms with Crippen molar-refractivity contribution < 1.29 is 4.74 Å². The summed E-state index contributed by atoms with van der Waals surface area (Å²) in [6.07, 6.45) is 0. The number of anilines is 15. The third kappa shape index (κ3) is 9.42. The standard InChI is InChI=1S/C102H61B2N5OS4/c1-4-28-62(29-5-1)67-34-10-17-45-80(67)105(63-30-6-2-7-31-63)66-58-90-98-92(59-66)110-91-61-87-78(60-79(91)104(98)77-44-16-19-47-82(77)108(90)85-50-26-41-74-70-37-13-22-54-95(70)113-101(74)85)103-76-43-15-18-46-81(76)107(84-49-25-40-73-69-36-12-21-53-94(69)112-100(73)84)88-56-65(57-89(97(88)103)109(87)86-51-27-42-75-71-38-14-23-55-96(71)114-102(75)86)106(64-32-8-3-9-33-64)83-48-24-39-72-68-35-11-20-52-93(68)111-99(72)83/h1-61H. The van der Waals surface area contributed by atoms with Crippen LogP contribution in [0.4, 0.5) is 85.3 Å². The number of para-hydroxylation sites is 5. The monoisotopic (exact) mass is 1520 g/mol. The Morgan fingerprint density at radius 3 is 1.12 bits per heavy atom. The summed E-state index contributed by atoms with van der Waals surface area (Å²) in [4.78, 5) is 12.9. The number of thiophene rings is 4. The van der Waals surface area contributed by atoms with Gasteiger partial charge in [0.2, 0.25) is 0 Å². The molecule has 12 heteroatoms. The molecule has 0 radical (unpaired) electrons. The smallest absolute Gasteiger partial charge is 0.256 e. The minimum Gasteiger partial charge on any atom is -0.458 e. The lowest BCUT2D eigenvalue weighted by Gasteiger charge is -2.46. The second kappa shape index (κ2) is 25.0. The fourth-order valence-corrected chi connectivity index (χ4v) is 24.1. The number of benzene rings is 17. The molecule has 6 nitrogen and oxygen atoms in total. The molecule has 0 bridgehead atoms. The Labute approximate surface area is 674 Å². The number of hydrogen-bond acceptors (Lipinski definition) is 10. The van der Waals surface area contributed by atoms with E-state index in [0.29, 0.717) is 0 Å². The molecule has 4 aliphatic heterocycles. The van der Waals surface area contributed by atoms with E-state index in [1.165, 1.54) is 103 Å². The van der Waals surface area contributed by atoms with Crippen LogP contribution in [0.3, 0.4) is 0 Å². The SMILES string of the molecule is c1ccc(-c2ccccc2N(c2ccccc2)c2cc3c4c(c2)N(c2cccc5c2sc2ccccc25)c2ccccc2B4c2cc4c(cc2O3)N(c2cccc3c2sc2ccccc23)c2cc(N(c3ccccc3)c3cccc5c3sc3ccccc35)cc3c2B4c2ccccc2N3c2cccc3c2sc2ccccc23)cc1. The maximum absolute atomic E-state index is 8.18.